The van der Waals surface area contributed by atoms with Gasteiger partial charge < -0.3 is 9.64 Å². The van der Waals surface area contributed by atoms with E-state index in [-0.39, 0.29) is 36.3 Å². The van der Waals surface area contributed by atoms with Crippen LogP contribution in [0.15, 0.2) is 0 Å². The fourth-order valence-corrected chi connectivity index (χ4v) is 2.78. The number of nitriles is 1. The minimum absolute atomic E-state index is 0.0953. The molecule has 5 heteroatoms. The number of esters is 1. The van der Waals surface area contributed by atoms with Crippen molar-refractivity contribution in [1.82, 2.24) is 4.90 Å². The largest absolute Gasteiger partial charge is 0.465 e. The summed E-state index contributed by atoms with van der Waals surface area (Å²) in [6.07, 6.45) is 0.685. The number of rotatable bonds is 7. The molecule has 120 valence electrons. The normalized spacial score (nSPS) is 11.7. The van der Waals surface area contributed by atoms with E-state index < -0.39 is 5.97 Å². The molecule has 0 fully saturated rings. The molecule has 1 amide bonds. The van der Waals surface area contributed by atoms with Gasteiger partial charge in [0.15, 0.2) is 0 Å². The predicted molar refractivity (Wildman–Crippen MR) is 81.3 cm³/mol. The first kappa shape index (κ1) is 19.4. The Morgan fingerprint density at radius 2 is 1.76 bits per heavy atom. The van der Waals surface area contributed by atoms with Crippen molar-refractivity contribution in [2.24, 2.45) is 10.8 Å². The number of hydrogen-bond acceptors (Lipinski definition) is 4. The van der Waals surface area contributed by atoms with Crippen LogP contribution in [0.25, 0.3) is 0 Å². The maximum Gasteiger partial charge on any atom is 0.325 e. The van der Waals surface area contributed by atoms with Gasteiger partial charge in [-0.15, -0.1) is 0 Å². The molecule has 0 aliphatic heterocycles. The van der Waals surface area contributed by atoms with Crippen molar-refractivity contribution < 1.29 is 14.3 Å². The van der Waals surface area contributed by atoms with Crippen LogP contribution in [0, 0.1) is 22.2 Å². The molecule has 0 rings (SSSR count). The molecule has 0 aromatic rings. The lowest BCUT2D eigenvalue weighted by molar-refractivity contribution is -0.149. The number of nitrogens with zero attached hydrogens (tertiary/aromatic N) is 2. The molecular formula is C16H28N2O3. The highest BCUT2D eigenvalue weighted by atomic mass is 16.5. The summed E-state index contributed by atoms with van der Waals surface area (Å²) in [5.41, 5.74) is -0.0206. The van der Waals surface area contributed by atoms with E-state index >= 15 is 0 Å². The highest BCUT2D eigenvalue weighted by Crippen LogP contribution is 2.33. The molecule has 0 spiro atoms. The number of carbonyl (C=O) groups excluding carboxylic acids is 2. The minimum Gasteiger partial charge on any atom is -0.465 e. The molecular weight excluding hydrogens is 268 g/mol. The van der Waals surface area contributed by atoms with Crippen LogP contribution in [-0.4, -0.2) is 36.5 Å². The number of ether oxygens (including phenoxy) is 1. The average molecular weight is 296 g/mol. The van der Waals surface area contributed by atoms with Crippen molar-refractivity contribution in [2.75, 3.05) is 19.7 Å². The molecule has 0 N–H and O–H groups in total. The standard InChI is InChI=1S/C16H28N2O3/c1-7-21-14(20)10-18(13(19)8-9-17)12-16(5,6)11-15(2,3)4/h7-8,10-12H2,1-6H3. The highest BCUT2D eigenvalue weighted by Gasteiger charge is 2.30. The van der Waals surface area contributed by atoms with E-state index in [4.69, 9.17) is 10.00 Å². The summed E-state index contributed by atoms with van der Waals surface area (Å²) in [5, 5.41) is 8.69. The topological polar surface area (TPSA) is 70.4 Å². The summed E-state index contributed by atoms with van der Waals surface area (Å²) in [4.78, 5) is 25.1. The lowest BCUT2D eigenvalue weighted by atomic mass is 9.76. The summed E-state index contributed by atoms with van der Waals surface area (Å²) >= 11 is 0. The quantitative estimate of drug-likeness (QED) is 0.677. The Hall–Kier alpha value is -1.57. The van der Waals surface area contributed by atoms with E-state index in [9.17, 15) is 9.59 Å². The Labute approximate surface area is 128 Å². The van der Waals surface area contributed by atoms with E-state index in [0.717, 1.165) is 6.42 Å². The molecule has 0 heterocycles. The van der Waals surface area contributed by atoms with Gasteiger partial charge >= 0.3 is 5.97 Å². The summed E-state index contributed by atoms with van der Waals surface area (Å²) in [6, 6.07) is 1.84. The Bertz CT molecular complexity index is 403. The SMILES string of the molecule is CCOC(=O)CN(CC(C)(C)CC(C)(C)C)C(=O)CC#N. The zero-order chi connectivity index (χ0) is 16.7. The molecule has 0 aromatic heterocycles. The smallest absolute Gasteiger partial charge is 0.325 e. The summed E-state index contributed by atoms with van der Waals surface area (Å²) < 4.78 is 4.90. The van der Waals surface area contributed by atoms with Gasteiger partial charge in [-0.2, -0.15) is 5.26 Å². The fraction of sp³-hybridized carbons (Fsp3) is 0.812. The van der Waals surface area contributed by atoms with E-state index in [0.29, 0.717) is 6.54 Å². The number of amides is 1. The fourth-order valence-electron chi connectivity index (χ4n) is 2.78. The maximum atomic E-state index is 12.0. The van der Waals surface area contributed by atoms with Gasteiger partial charge in [0.05, 0.1) is 12.7 Å². The molecule has 0 saturated carbocycles. The molecule has 0 aliphatic carbocycles. The van der Waals surface area contributed by atoms with Gasteiger partial charge in [0.25, 0.3) is 0 Å². The highest BCUT2D eigenvalue weighted by molar-refractivity contribution is 5.83. The van der Waals surface area contributed by atoms with E-state index in [1.807, 2.05) is 6.07 Å². The van der Waals surface area contributed by atoms with Crippen molar-refractivity contribution in [3.8, 4) is 6.07 Å². The second-order valence-corrected chi connectivity index (χ2v) is 7.29. The Morgan fingerprint density at radius 1 is 1.19 bits per heavy atom. The first-order chi connectivity index (χ1) is 9.50. The van der Waals surface area contributed by atoms with Gasteiger partial charge in [0.1, 0.15) is 13.0 Å². The van der Waals surface area contributed by atoms with Gasteiger partial charge in [-0.25, -0.2) is 0 Å². The summed E-state index contributed by atoms with van der Waals surface area (Å²) in [5.74, 6) is -0.761. The Morgan fingerprint density at radius 3 is 2.19 bits per heavy atom. The third kappa shape index (κ3) is 9.06. The van der Waals surface area contributed by atoms with Crippen LogP contribution in [0.4, 0.5) is 0 Å². The van der Waals surface area contributed by atoms with Crippen LogP contribution < -0.4 is 0 Å². The maximum absolute atomic E-state index is 12.0. The second-order valence-electron chi connectivity index (χ2n) is 7.29. The van der Waals surface area contributed by atoms with Gasteiger partial charge in [0, 0.05) is 6.54 Å². The van der Waals surface area contributed by atoms with Crippen LogP contribution in [0.2, 0.25) is 0 Å². The van der Waals surface area contributed by atoms with Gasteiger partial charge in [-0.3, -0.25) is 9.59 Å². The van der Waals surface area contributed by atoms with E-state index in [2.05, 4.69) is 34.6 Å². The van der Waals surface area contributed by atoms with Crippen molar-refractivity contribution in [1.29, 1.82) is 5.26 Å². The molecule has 0 unspecified atom stereocenters. The van der Waals surface area contributed by atoms with Gasteiger partial charge in [0.2, 0.25) is 5.91 Å². The van der Waals surface area contributed by atoms with E-state index in [1.165, 1.54) is 4.90 Å². The third-order valence-electron chi connectivity index (χ3n) is 2.84. The predicted octanol–water partition coefficient (Wildman–Crippen LogP) is 2.75. The van der Waals surface area contributed by atoms with Gasteiger partial charge in [-0.05, 0) is 24.2 Å². The summed E-state index contributed by atoms with van der Waals surface area (Å²) in [7, 11) is 0. The molecule has 0 aliphatic rings. The first-order valence-corrected chi connectivity index (χ1v) is 7.31. The minimum atomic E-state index is -0.435. The molecule has 0 aromatic carbocycles. The molecule has 0 radical (unpaired) electrons. The molecule has 5 nitrogen and oxygen atoms in total. The average Bonchev–Trinajstić information content (AvgIpc) is 2.24. The lowest BCUT2D eigenvalue weighted by Gasteiger charge is -2.36. The van der Waals surface area contributed by atoms with Crippen molar-refractivity contribution in [3.63, 3.8) is 0 Å². The van der Waals surface area contributed by atoms with E-state index in [1.54, 1.807) is 6.92 Å². The zero-order valence-corrected chi connectivity index (χ0v) is 14.2. The molecule has 21 heavy (non-hydrogen) atoms. The monoisotopic (exact) mass is 296 g/mol. The Kier molecular flexibility index (Phi) is 7.42. The van der Waals surface area contributed by atoms with Crippen molar-refractivity contribution in [2.45, 2.75) is 54.4 Å². The first-order valence-electron chi connectivity index (χ1n) is 7.31. The van der Waals surface area contributed by atoms with Crippen LogP contribution in [-0.2, 0) is 14.3 Å². The molecule has 0 atom stereocenters. The Balaban J connectivity index is 4.93. The molecule has 0 bridgehead atoms. The van der Waals surface area contributed by atoms with Crippen LogP contribution in [0.3, 0.4) is 0 Å². The van der Waals surface area contributed by atoms with Crippen LogP contribution in [0.5, 0.6) is 0 Å². The van der Waals surface area contributed by atoms with Gasteiger partial charge in [-0.1, -0.05) is 34.6 Å². The second kappa shape index (κ2) is 8.02. The molecule has 0 saturated heterocycles. The van der Waals surface area contributed by atoms with Crippen LogP contribution >= 0.6 is 0 Å². The zero-order valence-electron chi connectivity index (χ0n) is 14.2. The van der Waals surface area contributed by atoms with Crippen molar-refractivity contribution >= 4 is 11.9 Å². The number of carbonyl (C=O) groups is 2. The van der Waals surface area contributed by atoms with Crippen molar-refractivity contribution in [3.05, 3.63) is 0 Å². The third-order valence-corrected chi connectivity index (χ3v) is 2.84. The lowest BCUT2D eigenvalue weighted by Crippen LogP contribution is -2.43. The number of hydrogen-bond donors (Lipinski definition) is 0. The van der Waals surface area contributed by atoms with Crippen LogP contribution in [0.1, 0.15) is 54.4 Å². The summed E-state index contributed by atoms with van der Waals surface area (Å²) in [6.45, 7) is 12.9.